The summed E-state index contributed by atoms with van der Waals surface area (Å²) in [6.45, 7) is 3.36. The van der Waals surface area contributed by atoms with Gasteiger partial charge in [-0.05, 0) is 43.7 Å². The normalized spacial score (nSPS) is 11.4. The Morgan fingerprint density at radius 3 is 1.60 bits per heavy atom. The predicted octanol–water partition coefficient (Wildman–Crippen LogP) is 5.93. The monoisotopic (exact) mass is 370 g/mol. The highest BCUT2D eigenvalue weighted by Crippen LogP contribution is 2.25. The number of benzene rings is 2. The Bertz CT molecular complexity index is 676. The Morgan fingerprint density at radius 2 is 1.16 bits per heavy atom. The molecule has 0 saturated heterocycles. The first-order valence-electron chi connectivity index (χ1n) is 6.70. The van der Waals surface area contributed by atoms with Crippen molar-refractivity contribution in [1.29, 1.82) is 0 Å². The van der Waals surface area contributed by atoms with Crippen LogP contribution in [0, 0.1) is 19.7 Å². The minimum absolute atomic E-state index is 0.187. The summed E-state index contributed by atoms with van der Waals surface area (Å²) in [5, 5.41) is 0. The van der Waals surface area contributed by atoms with Crippen molar-refractivity contribution in [3.05, 3.63) is 59.4 Å². The number of hydrogen-bond acceptors (Lipinski definition) is 2. The summed E-state index contributed by atoms with van der Waals surface area (Å²) in [6, 6.07) is 8.93. The highest BCUT2D eigenvalue weighted by atomic mass is 19.4. The maximum absolute atomic E-state index is 12.8. The maximum atomic E-state index is 12.8. The van der Waals surface area contributed by atoms with Gasteiger partial charge in [-0.1, -0.05) is 23.8 Å². The zero-order valence-corrected chi connectivity index (χ0v) is 13.0. The van der Waals surface area contributed by atoms with E-state index in [1.807, 2.05) is 0 Å². The van der Waals surface area contributed by atoms with E-state index in [0.717, 1.165) is 17.7 Å². The van der Waals surface area contributed by atoms with Crippen LogP contribution < -0.4 is 9.47 Å². The summed E-state index contributed by atoms with van der Waals surface area (Å²) in [6.07, 6.45) is -9.45. The molecule has 0 aliphatic carbocycles. The third kappa shape index (κ3) is 8.83. The van der Waals surface area contributed by atoms with Gasteiger partial charge in [0.05, 0.1) is 0 Å². The topological polar surface area (TPSA) is 18.5 Å². The number of ether oxygens (including phenoxy) is 2. The zero-order valence-electron chi connectivity index (χ0n) is 13.0. The van der Waals surface area contributed by atoms with Crippen LogP contribution in [0.1, 0.15) is 11.1 Å². The molecule has 0 spiro atoms. The van der Waals surface area contributed by atoms with E-state index in [1.165, 1.54) is 18.2 Å². The molecule has 0 aliphatic heterocycles. The van der Waals surface area contributed by atoms with Crippen molar-refractivity contribution in [3.8, 4) is 11.5 Å². The van der Waals surface area contributed by atoms with Gasteiger partial charge in [-0.2, -0.15) is 0 Å². The van der Waals surface area contributed by atoms with Crippen LogP contribution in [0.2, 0.25) is 0 Å². The summed E-state index contributed by atoms with van der Waals surface area (Å²) >= 11 is 0. The Labute approximate surface area is 138 Å². The molecule has 0 bridgehead atoms. The summed E-state index contributed by atoms with van der Waals surface area (Å²) in [5.41, 5.74) is 1.43. The average Bonchev–Trinajstić information content (AvgIpc) is 2.43. The fourth-order valence-corrected chi connectivity index (χ4v) is 1.55. The van der Waals surface area contributed by atoms with E-state index in [2.05, 4.69) is 9.47 Å². The summed E-state index contributed by atoms with van der Waals surface area (Å²) in [4.78, 5) is 0. The molecule has 0 radical (unpaired) electrons. The van der Waals surface area contributed by atoms with E-state index in [1.54, 1.807) is 26.0 Å². The van der Waals surface area contributed by atoms with E-state index in [4.69, 9.17) is 0 Å². The lowest BCUT2D eigenvalue weighted by molar-refractivity contribution is -0.276. The molecule has 2 rings (SSSR count). The second-order valence-electron chi connectivity index (χ2n) is 4.84. The molecule has 0 atom stereocenters. The Morgan fingerprint density at radius 1 is 0.680 bits per heavy atom. The number of aryl methyl sites for hydroxylation is 2. The molecule has 25 heavy (non-hydrogen) atoms. The van der Waals surface area contributed by atoms with Crippen LogP contribution in [-0.4, -0.2) is 12.7 Å². The van der Waals surface area contributed by atoms with E-state index < -0.39 is 24.3 Å². The summed E-state index contributed by atoms with van der Waals surface area (Å²) in [5.74, 6) is -2.01. The van der Waals surface area contributed by atoms with Crippen LogP contribution in [0.25, 0.3) is 0 Å². The average molecular weight is 370 g/mol. The van der Waals surface area contributed by atoms with Gasteiger partial charge < -0.3 is 9.47 Å². The first kappa shape index (κ1) is 20.6. The van der Waals surface area contributed by atoms with Crippen molar-refractivity contribution >= 4 is 0 Å². The molecular formula is C16H13F7O2. The Kier molecular flexibility index (Phi) is 6.66. The second kappa shape index (κ2) is 8.09. The molecule has 0 heterocycles. The third-order valence-electron chi connectivity index (χ3n) is 2.57. The van der Waals surface area contributed by atoms with Crippen LogP contribution >= 0.6 is 0 Å². The van der Waals surface area contributed by atoms with Gasteiger partial charge in [0.1, 0.15) is 5.75 Å². The van der Waals surface area contributed by atoms with Crippen LogP contribution in [0.5, 0.6) is 11.5 Å². The molecule has 2 nitrogen and oxygen atoms in total. The first-order valence-corrected chi connectivity index (χ1v) is 6.70. The largest absolute Gasteiger partial charge is 0.573 e. The van der Waals surface area contributed by atoms with Gasteiger partial charge in [-0.25, -0.2) is 4.39 Å². The molecular weight excluding hydrogens is 357 g/mol. The standard InChI is InChI=1S/C8H6F4O.C8H7F3O/c1-5-2-3-7(6(9)4-5)13-8(10,11)12;1-6-2-4-7(5-3-6)12-8(9,10)11/h2-4H,1H3;2-5H,1H3. The highest BCUT2D eigenvalue weighted by molar-refractivity contribution is 5.28. The highest BCUT2D eigenvalue weighted by Gasteiger charge is 2.32. The fourth-order valence-electron chi connectivity index (χ4n) is 1.55. The number of halogens is 7. The van der Waals surface area contributed by atoms with Crippen molar-refractivity contribution in [2.45, 2.75) is 26.6 Å². The lowest BCUT2D eigenvalue weighted by Gasteiger charge is -2.09. The Balaban J connectivity index is 0.000000251. The van der Waals surface area contributed by atoms with Gasteiger partial charge in [0.15, 0.2) is 11.6 Å². The fraction of sp³-hybridized carbons (Fsp3) is 0.250. The molecule has 0 aliphatic rings. The minimum Gasteiger partial charge on any atom is -0.406 e. The molecule has 138 valence electrons. The Hall–Kier alpha value is -2.45. The van der Waals surface area contributed by atoms with Crippen molar-refractivity contribution < 1.29 is 40.2 Å². The van der Waals surface area contributed by atoms with Crippen LogP contribution in [0.3, 0.4) is 0 Å². The van der Waals surface area contributed by atoms with Crippen molar-refractivity contribution in [2.24, 2.45) is 0 Å². The van der Waals surface area contributed by atoms with Crippen molar-refractivity contribution in [1.82, 2.24) is 0 Å². The summed E-state index contributed by atoms with van der Waals surface area (Å²) in [7, 11) is 0. The molecule has 9 heteroatoms. The van der Waals surface area contributed by atoms with Gasteiger partial charge in [-0.15, -0.1) is 26.3 Å². The minimum atomic E-state index is -4.85. The van der Waals surface area contributed by atoms with E-state index in [-0.39, 0.29) is 5.75 Å². The van der Waals surface area contributed by atoms with Crippen LogP contribution in [-0.2, 0) is 0 Å². The molecule has 0 N–H and O–H groups in total. The molecule has 0 unspecified atom stereocenters. The zero-order chi connectivity index (χ0) is 19.3. The first-order chi connectivity index (χ1) is 11.4. The molecule has 0 amide bonds. The lowest BCUT2D eigenvalue weighted by atomic mass is 10.2. The van der Waals surface area contributed by atoms with Crippen molar-refractivity contribution in [3.63, 3.8) is 0 Å². The SMILES string of the molecule is Cc1ccc(OC(F)(F)F)c(F)c1.Cc1ccc(OC(F)(F)F)cc1. The number of hydrogen-bond donors (Lipinski definition) is 0. The molecule has 0 fully saturated rings. The van der Waals surface area contributed by atoms with E-state index in [0.29, 0.717) is 5.56 Å². The predicted molar refractivity (Wildman–Crippen MR) is 75.7 cm³/mol. The smallest absolute Gasteiger partial charge is 0.406 e. The van der Waals surface area contributed by atoms with Gasteiger partial charge in [0.25, 0.3) is 0 Å². The second-order valence-corrected chi connectivity index (χ2v) is 4.84. The molecule has 2 aromatic carbocycles. The van der Waals surface area contributed by atoms with Gasteiger partial charge in [0.2, 0.25) is 0 Å². The number of rotatable bonds is 2. The number of alkyl halides is 6. The molecule has 0 aromatic heterocycles. The summed E-state index contributed by atoms with van der Waals surface area (Å²) < 4.78 is 89.6. The molecule has 2 aromatic rings. The van der Waals surface area contributed by atoms with Crippen molar-refractivity contribution in [2.75, 3.05) is 0 Å². The van der Waals surface area contributed by atoms with Gasteiger partial charge in [-0.3, -0.25) is 0 Å². The van der Waals surface area contributed by atoms with E-state index >= 15 is 0 Å². The lowest BCUT2D eigenvalue weighted by Crippen LogP contribution is -2.17. The van der Waals surface area contributed by atoms with Gasteiger partial charge >= 0.3 is 12.7 Å². The maximum Gasteiger partial charge on any atom is 0.573 e. The van der Waals surface area contributed by atoms with Gasteiger partial charge in [0, 0.05) is 0 Å². The van der Waals surface area contributed by atoms with Crippen LogP contribution in [0.15, 0.2) is 42.5 Å². The quantitative estimate of drug-likeness (QED) is 0.611. The van der Waals surface area contributed by atoms with Crippen LogP contribution in [0.4, 0.5) is 30.7 Å². The third-order valence-corrected chi connectivity index (χ3v) is 2.57. The molecule has 0 saturated carbocycles. The van der Waals surface area contributed by atoms with E-state index in [9.17, 15) is 30.7 Å².